The molecule has 0 aliphatic rings. The van der Waals surface area contributed by atoms with Crippen molar-refractivity contribution in [3.8, 4) is 0 Å². The quantitative estimate of drug-likeness (QED) is 0.164. The largest absolute Gasteiger partial charge is 0.330 e. The number of unbranched alkanes of at least 4 members (excludes halogenated alkanes) is 8. The maximum Gasteiger partial charge on any atom is 0.173 e. The van der Waals surface area contributed by atoms with Crippen molar-refractivity contribution in [2.75, 3.05) is 32.7 Å². The fourth-order valence-electron chi connectivity index (χ4n) is 3.03. The second kappa shape index (κ2) is 16.3. The lowest BCUT2D eigenvalue weighted by Gasteiger charge is -2.25. The molecular formula is C19H41N5O2. The van der Waals surface area contributed by atoms with Crippen molar-refractivity contribution in [3.05, 3.63) is 0 Å². The van der Waals surface area contributed by atoms with E-state index in [1.807, 2.05) is 0 Å². The minimum atomic E-state index is -1.49. The highest BCUT2D eigenvalue weighted by molar-refractivity contribution is 6.12. The lowest BCUT2D eigenvalue weighted by atomic mass is 9.84. The van der Waals surface area contributed by atoms with Crippen molar-refractivity contribution in [1.82, 2.24) is 5.32 Å². The van der Waals surface area contributed by atoms with Crippen LogP contribution in [-0.2, 0) is 9.59 Å². The first-order valence-corrected chi connectivity index (χ1v) is 10.2. The molecule has 0 saturated heterocycles. The van der Waals surface area contributed by atoms with Gasteiger partial charge in [-0.2, -0.15) is 0 Å². The van der Waals surface area contributed by atoms with Crippen LogP contribution in [0.2, 0.25) is 0 Å². The zero-order valence-electron chi connectivity index (χ0n) is 16.4. The molecule has 0 aliphatic heterocycles. The molecule has 0 spiro atoms. The average Bonchev–Trinajstić information content (AvgIpc) is 2.66. The number of rotatable bonds is 19. The smallest absolute Gasteiger partial charge is 0.173 e. The van der Waals surface area contributed by atoms with Gasteiger partial charge in [0, 0.05) is 0 Å². The molecule has 0 unspecified atom stereocenters. The van der Waals surface area contributed by atoms with Crippen LogP contribution in [-0.4, -0.2) is 49.8 Å². The number of hydrogen-bond donors (Lipinski definition) is 5. The van der Waals surface area contributed by atoms with Crippen LogP contribution >= 0.6 is 0 Å². The van der Waals surface area contributed by atoms with Gasteiger partial charge in [0.2, 0.25) is 0 Å². The van der Waals surface area contributed by atoms with E-state index in [1.165, 1.54) is 32.1 Å². The Balaban J connectivity index is 3.60. The Bertz CT molecular complexity index is 361. The third-order valence-corrected chi connectivity index (χ3v) is 4.85. The summed E-state index contributed by atoms with van der Waals surface area (Å²) >= 11 is 0. The summed E-state index contributed by atoms with van der Waals surface area (Å²) in [4.78, 5) is 23.7. The number of ketones is 2. The molecule has 0 aliphatic carbocycles. The van der Waals surface area contributed by atoms with Crippen molar-refractivity contribution in [2.45, 2.75) is 76.2 Å². The maximum atomic E-state index is 11.9. The van der Waals surface area contributed by atoms with Gasteiger partial charge in [-0.05, 0) is 45.3 Å². The molecule has 0 aromatic heterocycles. The van der Waals surface area contributed by atoms with Crippen LogP contribution in [0.1, 0.15) is 70.6 Å². The Morgan fingerprint density at radius 1 is 0.654 bits per heavy atom. The van der Waals surface area contributed by atoms with Crippen molar-refractivity contribution in [1.29, 1.82) is 0 Å². The molecule has 0 saturated carbocycles. The minimum absolute atomic E-state index is 0.223. The highest BCUT2D eigenvalue weighted by atomic mass is 16.2. The molecule has 0 bridgehead atoms. The molecule has 0 atom stereocenters. The predicted molar refractivity (Wildman–Crippen MR) is 108 cm³/mol. The third-order valence-electron chi connectivity index (χ3n) is 4.85. The van der Waals surface area contributed by atoms with Crippen molar-refractivity contribution < 1.29 is 9.59 Å². The minimum Gasteiger partial charge on any atom is -0.330 e. The number of hydrogen-bond acceptors (Lipinski definition) is 7. The Kier molecular flexibility index (Phi) is 15.8. The van der Waals surface area contributed by atoms with Crippen LogP contribution in [0.4, 0.5) is 0 Å². The first-order valence-electron chi connectivity index (χ1n) is 10.2. The summed E-state index contributed by atoms with van der Waals surface area (Å²) in [7, 11) is 0. The van der Waals surface area contributed by atoms with Crippen LogP contribution in [0.5, 0.6) is 0 Å². The van der Waals surface area contributed by atoms with E-state index in [0.717, 1.165) is 51.7 Å². The van der Waals surface area contributed by atoms with Crippen LogP contribution in [0, 0.1) is 0 Å². The van der Waals surface area contributed by atoms with Crippen LogP contribution in [0.15, 0.2) is 0 Å². The molecule has 26 heavy (non-hydrogen) atoms. The normalized spacial score (nSPS) is 11.7. The van der Waals surface area contributed by atoms with Crippen LogP contribution in [0.25, 0.3) is 0 Å². The zero-order chi connectivity index (χ0) is 19.7. The molecule has 0 heterocycles. The second-order valence-electron chi connectivity index (χ2n) is 7.05. The molecule has 0 fully saturated rings. The SMILES string of the molecule is NCCCCCCCCNCCCCCCC(N)(C(=O)CN)C(=O)CN. The lowest BCUT2D eigenvalue weighted by Crippen LogP contribution is -2.59. The Labute approximate surface area is 159 Å². The van der Waals surface area contributed by atoms with Gasteiger partial charge in [-0.1, -0.05) is 44.9 Å². The number of nitrogens with one attached hydrogen (secondary N) is 1. The molecule has 0 amide bonds. The lowest BCUT2D eigenvalue weighted by molar-refractivity contribution is -0.133. The topological polar surface area (TPSA) is 150 Å². The molecule has 0 rings (SSSR count). The van der Waals surface area contributed by atoms with E-state index in [1.54, 1.807) is 0 Å². The number of nitrogens with two attached hydrogens (primary N) is 4. The maximum absolute atomic E-state index is 11.9. The molecule has 0 radical (unpaired) electrons. The van der Waals surface area contributed by atoms with Gasteiger partial charge in [0.25, 0.3) is 0 Å². The first kappa shape index (κ1) is 25.1. The molecule has 7 heteroatoms. The molecule has 154 valence electrons. The fourth-order valence-corrected chi connectivity index (χ4v) is 3.03. The zero-order valence-corrected chi connectivity index (χ0v) is 16.4. The third kappa shape index (κ3) is 11.0. The Morgan fingerprint density at radius 2 is 1.08 bits per heavy atom. The van der Waals surface area contributed by atoms with Gasteiger partial charge in [-0.3, -0.25) is 9.59 Å². The van der Waals surface area contributed by atoms with Crippen molar-refractivity contribution in [2.24, 2.45) is 22.9 Å². The predicted octanol–water partition coefficient (Wildman–Crippen LogP) is 0.579. The van der Waals surface area contributed by atoms with Gasteiger partial charge in [-0.15, -0.1) is 0 Å². The average molecular weight is 372 g/mol. The number of carbonyl (C=O) groups is 2. The summed E-state index contributed by atoms with van der Waals surface area (Å²) in [5.41, 5.74) is 20.7. The Morgan fingerprint density at radius 3 is 1.54 bits per heavy atom. The second-order valence-corrected chi connectivity index (χ2v) is 7.05. The van der Waals surface area contributed by atoms with E-state index < -0.39 is 17.1 Å². The Hall–Kier alpha value is -0.860. The van der Waals surface area contributed by atoms with Gasteiger partial charge in [-0.25, -0.2) is 0 Å². The van der Waals surface area contributed by atoms with E-state index in [9.17, 15) is 9.59 Å². The number of Topliss-reactive ketones (excluding diaryl/α,β-unsaturated/α-hetero) is 2. The summed E-state index contributed by atoms with van der Waals surface area (Å²) in [6.45, 7) is 2.43. The van der Waals surface area contributed by atoms with Gasteiger partial charge >= 0.3 is 0 Å². The highest BCUT2D eigenvalue weighted by Gasteiger charge is 2.38. The molecular weight excluding hydrogens is 330 g/mol. The monoisotopic (exact) mass is 371 g/mol. The molecule has 9 N–H and O–H groups in total. The first-order chi connectivity index (χ1) is 12.5. The fraction of sp³-hybridized carbons (Fsp3) is 0.895. The van der Waals surface area contributed by atoms with Gasteiger partial charge in [0.05, 0.1) is 13.1 Å². The summed E-state index contributed by atoms with van der Waals surface area (Å²) in [6.07, 6.45) is 11.6. The van der Waals surface area contributed by atoms with Gasteiger partial charge in [0.1, 0.15) is 5.54 Å². The summed E-state index contributed by atoms with van der Waals surface area (Å²) in [5, 5.41) is 3.46. The van der Waals surface area contributed by atoms with E-state index in [2.05, 4.69) is 5.32 Å². The van der Waals surface area contributed by atoms with Crippen LogP contribution in [0.3, 0.4) is 0 Å². The van der Waals surface area contributed by atoms with E-state index in [4.69, 9.17) is 22.9 Å². The number of carbonyl (C=O) groups excluding carboxylic acids is 2. The van der Waals surface area contributed by atoms with Gasteiger partial charge in [0.15, 0.2) is 11.6 Å². The summed E-state index contributed by atoms with van der Waals surface area (Å²) in [6, 6.07) is 0. The van der Waals surface area contributed by atoms with E-state index in [0.29, 0.717) is 6.42 Å². The van der Waals surface area contributed by atoms with E-state index in [-0.39, 0.29) is 13.1 Å². The van der Waals surface area contributed by atoms with Crippen molar-refractivity contribution in [3.63, 3.8) is 0 Å². The molecule has 7 nitrogen and oxygen atoms in total. The summed E-state index contributed by atoms with van der Waals surface area (Å²) in [5.74, 6) is -0.838. The molecule has 0 aromatic rings. The summed E-state index contributed by atoms with van der Waals surface area (Å²) < 4.78 is 0. The van der Waals surface area contributed by atoms with Gasteiger partial charge < -0.3 is 28.3 Å². The highest BCUT2D eigenvalue weighted by Crippen LogP contribution is 2.15. The molecule has 0 aromatic carbocycles. The van der Waals surface area contributed by atoms with E-state index >= 15 is 0 Å². The standard InChI is InChI=1S/C19H41N5O2/c20-12-8-4-1-2-5-9-13-24-14-10-6-3-7-11-19(23,17(25)15-21)18(26)16-22/h24H,1-16,20-23H2. The van der Waals surface area contributed by atoms with Crippen molar-refractivity contribution >= 4 is 11.6 Å². The van der Waals surface area contributed by atoms with Crippen LogP contribution < -0.4 is 28.3 Å².